The van der Waals surface area contributed by atoms with E-state index in [0.717, 1.165) is 26.1 Å². The lowest BCUT2D eigenvalue weighted by molar-refractivity contribution is 0.0553. The highest BCUT2D eigenvalue weighted by molar-refractivity contribution is 7.99. The van der Waals surface area contributed by atoms with Gasteiger partial charge in [0.15, 0.2) is 0 Å². The predicted octanol–water partition coefficient (Wildman–Crippen LogP) is 3.95. The molecule has 2 heterocycles. The minimum absolute atomic E-state index is 0.0413. The number of fused-ring (bicyclic) bond motifs is 3. The zero-order valence-electron chi connectivity index (χ0n) is 15.5. The van der Waals surface area contributed by atoms with E-state index in [1.54, 1.807) is 36.0 Å². The van der Waals surface area contributed by atoms with Gasteiger partial charge in [0.1, 0.15) is 0 Å². The zero-order chi connectivity index (χ0) is 20.0. The van der Waals surface area contributed by atoms with Gasteiger partial charge in [0, 0.05) is 9.79 Å². The summed E-state index contributed by atoms with van der Waals surface area (Å²) in [4.78, 5) is 30.6. The molecular formula is C23H18N2O3S. The number of aliphatic hydroxyl groups is 1. The molecule has 3 aromatic rings. The molecule has 0 saturated heterocycles. The standard InChI is InChI=1S/C23H18N2O3S/c26-15(14-25-22(27)16-7-1-2-8-17(16)23(25)28)13-24-18-9-3-5-11-20(18)29-21-12-6-4-10-19(21)24/h1-12,15,26H,13-14H2/t15-/m0/s1. The lowest BCUT2D eigenvalue weighted by Gasteiger charge is -2.34. The highest BCUT2D eigenvalue weighted by Crippen LogP contribution is 2.47. The fraction of sp³-hybridized carbons (Fsp3) is 0.130. The van der Waals surface area contributed by atoms with Gasteiger partial charge < -0.3 is 10.0 Å². The molecule has 0 fully saturated rings. The Morgan fingerprint density at radius 3 is 1.69 bits per heavy atom. The Morgan fingerprint density at radius 1 is 0.690 bits per heavy atom. The molecule has 1 N–H and O–H groups in total. The van der Waals surface area contributed by atoms with Gasteiger partial charge in [-0.25, -0.2) is 0 Å². The Balaban J connectivity index is 1.40. The molecule has 29 heavy (non-hydrogen) atoms. The van der Waals surface area contributed by atoms with Crippen molar-refractivity contribution in [1.29, 1.82) is 0 Å². The maximum atomic E-state index is 12.6. The van der Waals surface area contributed by atoms with Crippen LogP contribution >= 0.6 is 11.8 Å². The minimum Gasteiger partial charge on any atom is -0.389 e. The molecule has 0 spiro atoms. The Kier molecular flexibility index (Phi) is 4.38. The highest BCUT2D eigenvalue weighted by Gasteiger charge is 2.36. The molecule has 3 aromatic carbocycles. The summed E-state index contributed by atoms with van der Waals surface area (Å²) in [5, 5.41) is 10.8. The Hall–Kier alpha value is -3.09. The van der Waals surface area contributed by atoms with E-state index in [1.807, 2.05) is 36.4 Å². The van der Waals surface area contributed by atoms with E-state index >= 15 is 0 Å². The van der Waals surface area contributed by atoms with Crippen LogP contribution in [-0.4, -0.2) is 41.0 Å². The average molecular weight is 402 g/mol. The van der Waals surface area contributed by atoms with Crippen LogP contribution in [0.2, 0.25) is 0 Å². The third-order valence-electron chi connectivity index (χ3n) is 5.20. The number of benzene rings is 3. The summed E-state index contributed by atoms with van der Waals surface area (Å²) in [6, 6.07) is 22.9. The molecule has 0 unspecified atom stereocenters. The zero-order valence-corrected chi connectivity index (χ0v) is 16.3. The quantitative estimate of drug-likeness (QED) is 0.670. The van der Waals surface area contributed by atoms with Crippen LogP contribution in [0.15, 0.2) is 82.6 Å². The van der Waals surface area contributed by atoms with E-state index in [9.17, 15) is 14.7 Å². The fourth-order valence-corrected chi connectivity index (χ4v) is 4.96. The number of hydrogen-bond donors (Lipinski definition) is 1. The number of carbonyl (C=O) groups is 2. The van der Waals surface area contributed by atoms with Crippen molar-refractivity contribution in [2.75, 3.05) is 18.0 Å². The Labute approximate surface area is 172 Å². The van der Waals surface area contributed by atoms with Crippen LogP contribution in [-0.2, 0) is 0 Å². The second kappa shape index (κ2) is 7.06. The van der Waals surface area contributed by atoms with Crippen molar-refractivity contribution in [2.45, 2.75) is 15.9 Å². The molecule has 0 radical (unpaired) electrons. The molecule has 0 bridgehead atoms. The van der Waals surface area contributed by atoms with Gasteiger partial charge in [-0.3, -0.25) is 14.5 Å². The van der Waals surface area contributed by atoms with Crippen molar-refractivity contribution in [3.63, 3.8) is 0 Å². The van der Waals surface area contributed by atoms with Crippen LogP contribution in [0.1, 0.15) is 20.7 Å². The minimum atomic E-state index is -0.888. The summed E-state index contributed by atoms with van der Waals surface area (Å²) < 4.78 is 0. The van der Waals surface area contributed by atoms with Gasteiger partial charge in [-0.05, 0) is 36.4 Å². The molecular weight excluding hydrogens is 384 g/mol. The first-order chi connectivity index (χ1) is 14.1. The van der Waals surface area contributed by atoms with Crippen LogP contribution in [0.3, 0.4) is 0 Å². The van der Waals surface area contributed by atoms with Crippen LogP contribution in [0, 0.1) is 0 Å². The van der Waals surface area contributed by atoms with Gasteiger partial charge in [-0.2, -0.15) is 0 Å². The molecule has 2 aliphatic rings. The van der Waals surface area contributed by atoms with Gasteiger partial charge in [-0.1, -0.05) is 48.2 Å². The van der Waals surface area contributed by atoms with Gasteiger partial charge in [-0.15, -0.1) is 0 Å². The summed E-state index contributed by atoms with van der Waals surface area (Å²) in [7, 11) is 0. The van der Waals surface area contributed by atoms with Gasteiger partial charge in [0.25, 0.3) is 11.8 Å². The molecule has 5 rings (SSSR count). The number of carbonyl (C=O) groups excluding carboxylic acids is 2. The summed E-state index contributed by atoms with van der Waals surface area (Å²) in [5.41, 5.74) is 2.82. The number of rotatable bonds is 4. The largest absolute Gasteiger partial charge is 0.389 e. The number of imide groups is 1. The van der Waals surface area contributed by atoms with Crippen molar-refractivity contribution in [3.8, 4) is 0 Å². The van der Waals surface area contributed by atoms with Crippen molar-refractivity contribution in [3.05, 3.63) is 83.9 Å². The fourth-order valence-electron chi connectivity index (χ4n) is 3.86. The number of amides is 2. The normalized spacial score (nSPS) is 15.8. The molecule has 2 amide bonds. The number of nitrogens with zero attached hydrogens (tertiary/aromatic N) is 2. The van der Waals surface area contributed by atoms with Crippen molar-refractivity contribution >= 4 is 35.0 Å². The maximum Gasteiger partial charge on any atom is 0.261 e. The second-order valence-corrected chi connectivity index (χ2v) is 8.15. The highest BCUT2D eigenvalue weighted by atomic mass is 32.2. The van der Waals surface area contributed by atoms with Crippen molar-refractivity contribution in [2.24, 2.45) is 0 Å². The van der Waals surface area contributed by atoms with Crippen LogP contribution in [0.25, 0.3) is 0 Å². The third kappa shape index (κ3) is 3.01. The summed E-state index contributed by atoms with van der Waals surface area (Å²) in [6.07, 6.45) is -0.888. The summed E-state index contributed by atoms with van der Waals surface area (Å²) in [5.74, 6) is -0.695. The number of hydrogen-bond acceptors (Lipinski definition) is 5. The molecule has 1 atom stereocenters. The van der Waals surface area contributed by atoms with E-state index in [-0.39, 0.29) is 24.9 Å². The van der Waals surface area contributed by atoms with E-state index in [2.05, 4.69) is 17.0 Å². The van der Waals surface area contributed by atoms with E-state index in [4.69, 9.17) is 0 Å². The predicted molar refractivity (Wildman–Crippen MR) is 112 cm³/mol. The molecule has 0 aromatic heterocycles. The first-order valence-corrected chi connectivity index (χ1v) is 10.2. The topological polar surface area (TPSA) is 60.9 Å². The van der Waals surface area contributed by atoms with Crippen molar-refractivity contribution < 1.29 is 14.7 Å². The first kappa shape index (κ1) is 18.0. The van der Waals surface area contributed by atoms with E-state index < -0.39 is 6.10 Å². The monoisotopic (exact) mass is 402 g/mol. The van der Waals surface area contributed by atoms with Gasteiger partial charge in [0.05, 0.1) is 41.7 Å². The Morgan fingerprint density at radius 2 is 1.14 bits per heavy atom. The number of para-hydroxylation sites is 2. The lowest BCUT2D eigenvalue weighted by atomic mass is 10.1. The average Bonchev–Trinajstić information content (AvgIpc) is 2.99. The van der Waals surface area contributed by atoms with Crippen LogP contribution in [0.5, 0.6) is 0 Å². The van der Waals surface area contributed by atoms with E-state index in [1.165, 1.54) is 0 Å². The number of aliphatic hydroxyl groups excluding tert-OH is 1. The van der Waals surface area contributed by atoms with Gasteiger partial charge >= 0.3 is 0 Å². The van der Waals surface area contributed by atoms with Crippen molar-refractivity contribution in [1.82, 2.24) is 4.90 Å². The van der Waals surface area contributed by atoms with Crippen LogP contribution in [0.4, 0.5) is 11.4 Å². The Bertz CT molecular complexity index is 1050. The molecule has 5 nitrogen and oxygen atoms in total. The first-order valence-electron chi connectivity index (χ1n) is 9.40. The smallest absolute Gasteiger partial charge is 0.261 e. The van der Waals surface area contributed by atoms with Gasteiger partial charge in [0.2, 0.25) is 0 Å². The molecule has 0 saturated carbocycles. The number of anilines is 2. The van der Waals surface area contributed by atoms with Crippen LogP contribution < -0.4 is 4.90 Å². The van der Waals surface area contributed by atoms with E-state index in [0.29, 0.717) is 11.1 Å². The molecule has 0 aliphatic carbocycles. The lowest BCUT2D eigenvalue weighted by Crippen LogP contribution is -2.42. The second-order valence-electron chi connectivity index (χ2n) is 7.07. The maximum absolute atomic E-state index is 12.6. The SMILES string of the molecule is O=C1c2ccccc2C(=O)N1C[C@@H](O)CN1c2ccccc2Sc2ccccc21. The summed E-state index contributed by atoms with van der Waals surface area (Å²) in [6.45, 7) is 0.238. The molecule has 144 valence electrons. The summed E-state index contributed by atoms with van der Waals surface area (Å²) >= 11 is 1.70. The number of β-amino-alcohol motifs (C(OH)–C–C–N with tert-alkyl or cyclic N) is 1. The third-order valence-corrected chi connectivity index (χ3v) is 6.33. The molecule has 6 heteroatoms. The molecule has 2 aliphatic heterocycles.